The zero-order valence-electron chi connectivity index (χ0n) is 9.01. The van der Waals surface area contributed by atoms with E-state index in [1.807, 2.05) is 0 Å². The van der Waals surface area contributed by atoms with Gasteiger partial charge in [0.05, 0.1) is 6.54 Å². The van der Waals surface area contributed by atoms with Crippen molar-refractivity contribution in [2.45, 2.75) is 18.9 Å². The van der Waals surface area contributed by atoms with Crippen molar-refractivity contribution in [3.63, 3.8) is 0 Å². The van der Waals surface area contributed by atoms with Gasteiger partial charge in [-0.2, -0.15) is 0 Å². The first-order valence-electron chi connectivity index (χ1n) is 5.01. The lowest BCUT2D eigenvalue weighted by Gasteiger charge is -2.29. The Morgan fingerprint density at radius 3 is 2.65 bits per heavy atom. The van der Waals surface area contributed by atoms with E-state index < -0.39 is 36.3 Å². The summed E-state index contributed by atoms with van der Waals surface area (Å²) in [6, 6.07) is -0.872. The summed E-state index contributed by atoms with van der Waals surface area (Å²) >= 11 is 0. The first-order chi connectivity index (χ1) is 7.95. The van der Waals surface area contributed by atoms with E-state index >= 15 is 0 Å². The predicted molar refractivity (Wildman–Crippen MR) is 54.6 cm³/mol. The summed E-state index contributed by atoms with van der Waals surface area (Å²) in [5.41, 5.74) is 5.08. The summed E-state index contributed by atoms with van der Waals surface area (Å²) in [6.07, 6.45) is 0.189. The van der Waals surface area contributed by atoms with Gasteiger partial charge in [-0.3, -0.25) is 24.1 Å². The second-order valence-corrected chi connectivity index (χ2v) is 3.57. The molecule has 1 saturated heterocycles. The lowest BCUT2D eigenvalue weighted by Crippen LogP contribution is -2.56. The number of hydrogen-bond donors (Lipinski definition) is 3. The molecule has 0 radical (unpaired) electrons. The number of nitrogens with zero attached hydrogens (tertiary/aromatic N) is 1. The van der Waals surface area contributed by atoms with E-state index in [1.54, 1.807) is 0 Å². The SMILES string of the molecule is NCC(=O)N[C@H]1CCC(=O)N(CC(=O)O)C1=O. The number of nitrogens with two attached hydrogens (primary N) is 1. The Labute approximate surface area is 96.7 Å². The quantitative estimate of drug-likeness (QED) is 0.474. The summed E-state index contributed by atoms with van der Waals surface area (Å²) < 4.78 is 0. The van der Waals surface area contributed by atoms with Gasteiger partial charge in [0.15, 0.2) is 0 Å². The Balaban J connectivity index is 2.71. The zero-order chi connectivity index (χ0) is 13.0. The third-order valence-electron chi connectivity index (χ3n) is 2.33. The van der Waals surface area contributed by atoms with E-state index in [0.717, 1.165) is 0 Å². The minimum Gasteiger partial charge on any atom is -0.480 e. The third kappa shape index (κ3) is 3.25. The van der Waals surface area contributed by atoms with Crippen LogP contribution in [0.2, 0.25) is 0 Å². The zero-order valence-corrected chi connectivity index (χ0v) is 9.01. The minimum atomic E-state index is -1.28. The number of carbonyl (C=O) groups excluding carboxylic acids is 3. The van der Waals surface area contributed by atoms with Crippen molar-refractivity contribution in [2.75, 3.05) is 13.1 Å². The highest BCUT2D eigenvalue weighted by Crippen LogP contribution is 2.12. The molecule has 8 nitrogen and oxygen atoms in total. The van der Waals surface area contributed by atoms with Gasteiger partial charge in [-0.15, -0.1) is 0 Å². The van der Waals surface area contributed by atoms with Gasteiger partial charge in [0.1, 0.15) is 12.6 Å². The molecule has 0 bridgehead atoms. The van der Waals surface area contributed by atoms with Gasteiger partial charge >= 0.3 is 5.97 Å². The number of amides is 3. The average Bonchev–Trinajstić information content (AvgIpc) is 2.27. The van der Waals surface area contributed by atoms with Gasteiger partial charge < -0.3 is 16.2 Å². The topological polar surface area (TPSA) is 130 Å². The van der Waals surface area contributed by atoms with Crippen molar-refractivity contribution in [1.82, 2.24) is 10.2 Å². The fraction of sp³-hybridized carbons (Fsp3) is 0.556. The van der Waals surface area contributed by atoms with Crippen LogP contribution in [0.5, 0.6) is 0 Å². The fourth-order valence-corrected chi connectivity index (χ4v) is 1.53. The van der Waals surface area contributed by atoms with Crippen LogP contribution in [0, 0.1) is 0 Å². The predicted octanol–water partition coefficient (Wildman–Crippen LogP) is -2.34. The Morgan fingerprint density at radius 2 is 2.12 bits per heavy atom. The molecule has 3 amide bonds. The number of hydrogen-bond acceptors (Lipinski definition) is 5. The number of carbonyl (C=O) groups is 4. The van der Waals surface area contributed by atoms with Crippen molar-refractivity contribution >= 4 is 23.7 Å². The molecule has 1 heterocycles. The van der Waals surface area contributed by atoms with Crippen molar-refractivity contribution in [1.29, 1.82) is 0 Å². The van der Waals surface area contributed by atoms with E-state index in [2.05, 4.69) is 5.32 Å². The molecule has 0 aliphatic carbocycles. The molecule has 1 atom stereocenters. The van der Waals surface area contributed by atoms with Crippen LogP contribution in [0.3, 0.4) is 0 Å². The summed E-state index contributed by atoms with van der Waals surface area (Å²) in [5.74, 6) is -3.05. The van der Waals surface area contributed by atoms with Gasteiger partial charge in [0.2, 0.25) is 11.8 Å². The van der Waals surface area contributed by atoms with Crippen LogP contribution in [0.4, 0.5) is 0 Å². The van der Waals surface area contributed by atoms with Crippen LogP contribution in [0.25, 0.3) is 0 Å². The van der Waals surface area contributed by atoms with Crippen molar-refractivity contribution < 1.29 is 24.3 Å². The molecular weight excluding hydrogens is 230 g/mol. The summed E-state index contributed by atoms with van der Waals surface area (Å²) in [4.78, 5) is 45.2. The number of nitrogens with one attached hydrogen (secondary N) is 1. The molecule has 17 heavy (non-hydrogen) atoms. The standard InChI is InChI=1S/C9H13N3O5/c10-3-6(13)11-5-1-2-7(14)12(9(5)17)4-8(15)16/h5H,1-4,10H2,(H,11,13)(H,15,16)/t5-/m0/s1. The van der Waals surface area contributed by atoms with E-state index in [-0.39, 0.29) is 19.4 Å². The molecule has 0 aromatic carbocycles. The molecule has 0 aromatic rings. The largest absolute Gasteiger partial charge is 0.480 e. The monoisotopic (exact) mass is 243 g/mol. The van der Waals surface area contributed by atoms with Gasteiger partial charge in [0, 0.05) is 6.42 Å². The van der Waals surface area contributed by atoms with Crippen molar-refractivity contribution in [2.24, 2.45) is 5.73 Å². The molecule has 4 N–H and O–H groups in total. The van der Waals surface area contributed by atoms with Gasteiger partial charge in [-0.05, 0) is 6.42 Å². The van der Waals surface area contributed by atoms with Gasteiger partial charge in [-0.25, -0.2) is 0 Å². The Kier molecular flexibility index (Phi) is 4.16. The highest BCUT2D eigenvalue weighted by atomic mass is 16.4. The number of likely N-dealkylation sites (tertiary alicyclic amines) is 1. The number of carboxylic acid groups (broad SMARTS) is 1. The fourth-order valence-electron chi connectivity index (χ4n) is 1.53. The maximum Gasteiger partial charge on any atom is 0.323 e. The Morgan fingerprint density at radius 1 is 1.47 bits per heavy atom. The molecule has 1 aliphatic heterocycles. The summed E-state index contributed by atoms with van der Waals surface area (Å²) in [7, 11) is 0. The molecule has 1 aliphatic rings. The third-order valence-corrected chi connectivity index (χ3v) is 2.33. The van der Waals surface area contributed by atoms with Crippen molar-refractivity contribution in [3.05, 3.63) is 0 Å². The molecule has 0 unspecified atom stereocenters. The first kappa shape index (κ1) is 13.1. The van der Waals surface area contributed by atoms with Crippen LogP contribution in [-0.2, 0) is 19.2 Å². The molecular formula is C9H13N3O5. The lowest BCUT2D eigenvalue weighted by atomic mass is 10.0. The minimum absolute atomic E-state index is 0.0224. The molecule has 8 heteroatoms. The van der Waals surface area contributed by atoms with Crippen LogP contribution < -0.4 is 11.1 Å². The van der Waals surface area contributed by atoms with E-state index in [9.17, 15) is 19.2 Å². The highest BCUT2D eigenvalue weighted by Gasteiger charge is 2.35. The maximum absolute atomic E-state index is 11.7. The highest BCUT2D eigenvalue weighted by molar-refractivity contribution is 6.03. The molecule has 1 fully saturated rings. The van der Waals surface area contributed by atoms with E-state index in [1.165, 1.54) is 0 Å². The molecule has 0 saturated carbocycles. The molecule has 0 aromatic heterocycles. The lowest BCUT2D eigenvalue weighted by molar-refractivity contribution is -0.156. The second-order valence-electron chi connectivity index (χ2n) is 3.57. The van der Waals surface area contributed by atoms with Crippen LogP contribution in [0.1, 0.15) is 12.8 Å². The smallest absolute Gasteiger partial charge is 0.323 e. The normalized spacial score (nSPS) is 20.3. The molecule has 1 rings (SSSR count). The number of aliphatic carboxylic acids is 1. The average molecular weight is 243 g/mol. The van der Waals surface area contributed by atoms with E-state index in [4.69, 9.17) is 10.8 Å². The number of piperidine rings is 1. The number of imide groups is 1. The second kappa shape index (κ2) is 5.39. The number of rotatable bonds is 4. The first-order valence-corrected chi connectivity index (χ1v) is 5.01. The van der Waals surface area contributed by atoms with Crippen molar-refractivity contribution in [3.8, 4) is 0 Å². The van der Waals surface area contributed by atoms with Gasteiger partial charge in [0.25, 0.3) is 5.91 Å². The summed E-state index contributed by atoms with van der Waals surface area (Å²) in [5, 5.41) is 10.9. The Hall–Kier alpha value is -1.96. The number of carboxylic acids is 1. The Bertz CT molecular complexity index is 368. The van der Waals surface area contributed by atoms with Crippen LogP contribution in [0.15, 0.2) is 0 Å². The van der Waals surface area contributed by atoms with Crippen LogP contribution >= 0.6 is 0 Å². The summed E-state index contributed by atoms with van der Waals surface area (Å²) in [6.45, 7) is -0.955. The molecule has 0 spiro atoms. The van der Waals surface area contributed by atoms with Gasteiger partial charge in [-0.1, -0.05) is 0 Å². The molecule has 94 valence electrons. The van der Waals surface area contributed by atoms with Crippen LogP contribution in [-0.4, -0.2) is 52.8 Å². The maximum atomic E-state index is 11.7. The van der Waals surface area contributed by atoms with E-state index in [0.29, 0.717) is 4.90 Å².